The first-order valence-electron chi connectivity index (χ1n) is 7.87. The van der Waals surface area contributed by atoms with Crippen molar-refractivity contribution in [3.05, 3.63) is 75.7 Å². The van der Waals surface area contributed by atoms with E-state index in [0.717, 1.165) is 5.56 Å². The zero-order valence-corrected chi connectivity index (χ0v) is 13.8. The predicted octanol–water partition coefficient (Wildman–Crippen LogP) is 2.27. The van der Waals surface area contributed by atoms with Gasteiger partial charge in [0.15, 0.2) is 0 Å². The first-order chi connectivity index (χ1) is 12.1. The van der Waals surface area contributed by atoms with Crippen LogP contribution in [0, 0.1) is 19.3 Å². The number of terminal acetylenes is 1. The number of benzene rings is 2. The molecule has 3 rings (SSSR count). The molecule has 0 bridgehead atoms. The van der Waals surface area contributed by atoms with Crippen molar-refractivity contribution >= 4 is 16.7 Å². The number of hydrogen-bond donors (Lipinski definition) is 1. The molecule has 1 amide bonds. The minimum Gasteiger partial charge on any atom is -0.346 e. The fourth-order valence-electron chi connectivity index (χ4n) is 2.60. The van der Waals surface area contributed by atoms with Crippen molar-refractivity contribution < 1.29 is 4.79 Å². The third-order valence-corrected chi connectivity index (χ3v) is 3.92. The highest BCUT2D eigenvalue weighted by Gasteiger charge is 2.11. The summed E-state index contributed by atoms with van der Waals surface area (Å²) in [5.74, 6) is 2.23. The molecule has 0 radical (unpaired) electrons. The van der Waals surface area contributed by atoms with Crippen molar-refractivity contribution in [3.8, 4) is 12.3 Å². The van der Waals surface area contributed by atoms with Crippen LogP contribution in [0.25, 0.3) is 10.8 Å². The molecule has 0 unspecified atom stereocenters. The van der Waals surface area contributed by atoms with Crippen LogP contribution in [-0.4, -0.2) is 15.7 Å². The normalized spacial score (nSPS) is 10.4. The van der Waals surface area contributed by atoms with Crippen molar-refractivity contribution in [3.63, 3.8) is 0 Å². The number of nitrogens with zero attached hydrogens (tertiary/aromatic N) is 2. The summed E-state index contributed by atoms with van der Waals surface area (Å²) in [6.07, 6.45) is 5.31. The highest BCUT2D eigenvalue weighted by Crippen LogP contribution is 2.13. The summed E-state index contributed by atoms with van der Waals surface area (Å²) < 4.78 is 1.25. The molecule has 0 saturated carbocycles. The Morgan fingerprint density at radius 3 is 2.52 bits per heavy atom. The predicted molar refractivity (Wildman–Crippen MR) is 97.2 cm³/mol. The van der Waals surface area contributed by atoms with Gasteiger partial charge in [0.05, 0.1) is 17.6 Å². The summed E-state index contributed by atoms with van der Waals surface area (Å²) in [7, 11) is 0. The zero-order valence-electron chi connectivity index (χ0n) is 13.8. The van der Waals surface area contributed by atoms with E-state index in [2.05, 4.69) is 16.3 Å². The van der Waals surface area contributed by atoms with Gasteiger partial charge in [-0.05, 0) is 25.1 Å². The van der Waals surface area contributed by atoms with Crippen LogP contribution in [0.3, 0.4) is 0 Å². The molecule has 0 spiro atoms. The molecule has 5 heteroatoms. The summed E-state index contributed by atoms with van der Waals surface area (Å²) in [4.78, 5) is 24.7. The molecular weight excluding hydrogens is 314 g/mol. The number of carbonyl (C=O) groups excluding carboxylic acids is 1. The summed E-state index contributed by atoms with van der Waals surface area (Å²) in [6, 6.07) is 14.5. The van der Waals surface area contributed by atoms with E-state index < -0.39 is 0 Å². The van der Waals surface area contributed by atoms with Crippen LogP contribution in [0.1, 0.15) is 21.6 Å². The highest BCUT2D eigenvalue weighted by molar-refractivity contribution is 5.94. The van der Waals surface area contributed by atoms with Crippen LogP contribution in [-0.2, 0) is 13.1 Å². The molecule has 3 aromatic rings. The quantitative estimate of drug-likeness (QED) is 0.746. The van der Waals surface area contributed by atoms with Gasteiger partial charge < -0.3 is 5.32 Å². The number of amides is 1. The second-order valence-corrected chi connectivity index (χ2v) is 5.71. The summed E-state index contributed by atoms with van der Waals surface area (Å²) in [6.45, 7) is 2.26. The number of hydrogen-bond acceptors (Lipinski definition) is 3. The monoisotopic (exact) mass is 331 g/mol. The Labute approximate surface area is 145 Å². The molecule has 2 aromatic carbocycles. The Kier molecular flexibility index (Phi) is 4.62. The van der Waals surface area contributed by atoms with Gasteiger partial charge in [0, 0.05) is 10.9 Å². The fraction of sp³-hybridized carbons (Fsp3) is 0.150. The molecule has 0 atom stereocenters. The van der Waals surface area contributed by atoms with E-state index in [1.54, 1.807) is 24.3 Å². The van der Waals surface area contributed by atoms with E-state index in [1.165, 1.54) is 4.68 Å². The van der Waals surface area contributed by atoms with Gasteiger partial charge in [0.2, 0.25) is 0 Å². The van der Waals surface area contributed by atoms with Crippen molar-refractivity contribution in [2.75, 3.05) is 0 Å². The van der Waals surface area contributed by atoms with Crippen molar-refractivity contribution in [2.24, 2.45) is 0 Å². The number of rotatable bonds is 4. The van der Waals surface area contributed by atoms with Crippen LogP contribution < -0.4 is 10.9 Å². The second kappa shape index (κ2) is 7.02. The number of fused-ring (bicyclic) bond motifs is 1. The molecule has 25 heavy (non-hydrogen) atoms. The number of aromatic nitrogens is 2. The average molecular weight is 331 g/mol. The lowest BCUT2D eigenvalue weighted by Gasteiger charge is -2.10. The van der Waals surface area contributed by atoms with Gasteiger partial charge in [-0.1, -0.05) is 41.8 Å². The molecule has 0 aliphatic heterocycles. The zero-order chi connectivity index (χ0) is 17.8. The third-order valence-electron chi connectivity index (χ3n) is 3.92. The minimum atomic E-state index is -0.234. The smallest absolute Gasteiger partial charge is 0.275 e. The molecule has 0 aliphatic rings. The maximum Gasteiger partial charge on any atom is 0.275 e. The van der Waals surface area contributed by atoms with E-state index in [1.807, 2.05) is 31.2 Å². The minimum absolute atomic E-state index is 0.0859. The summed E-state index contributed by atoms with van der Waals surface area (Å²) >= 11 is 0. The Morgan fingerprint density at radius 2 is 1.84 bits per heavy atom. The van der Waals surface area contributed by atoms with Crippen molar-refractivity contribution in [2.45, 2.75) is 20.0 Å². The van der Waals surface area contributed by atoms with Crippen LogP contribution in [0.2, 0.25) is 0 Å². The number of carbonyl (C=O) groups is 1. The Morgan fingerprint density at radius 1 is 1.16 bits per heavy atom. The van der Waals surface area contributed by atoms with Gasteiger partial charge in [-0.2, -0.15) is 5.10 Å². The third kappa shape index (κ3) is 3.43. The van der Waals surface area contributed by atoms with E-state index in [9.17, 15) is 9.59 Å². The Bertz CT molecular complexity index is 1030. The molecule has 1 N–H and O–H groups in total. The lowest BCUT2D eigenvalue weighted by Crippen LogP contribution is -2.28. The van der Waals surface area contributed by atoms with Gasteiger partial charge in [0.1, 0.15) is 6.54 Å². The van der Waals surface area contributed by atoms with Crippen molar-refractivity contribution in [1.29, 1.82) is 0 Å². The highest BCUT2D eigenvalue weighted by atomic mass is 16.1. The van der Waals surface area contributed by atoms with E-state index in [0.29, 0.717) is 22.0 Å². The Balaban J connectivity index is 1.92. The molecule has 0 saturated heterocycles. The molecule has 0 fully saturated rings. The second-order valence-electron chi connectivity index (χ2n) is 5.71. The maximum absolute atomic E-state index is 12.4. The SMILES string of the molecule is C#CCn1nc(CNC(=O)c2ccc(C)cc2)c2ccccc2c1=O. The lowest BCUT2D eigenvalue weighted by atomic mass is 10.1. The first kappa shape index (κ1) is 16.5. The summed E-state index contributed by atoms with van der Waals surface area (Å²) in [5.41, 5.74) is 2.03. The van der Waals surface area contributed by atoms with E-state index in [4.69, 9.17) is 6.42 Å². The van der Waals surface area contributed by atoms with E-state index in [-0.39, 0.29) is 24.6 Å². The van der Waals surface area contributed by atoms with E-state index >= 15 is 0 Å². The molecule has 1 heterocycles. The molecule has 5 nitrogen and oxygen atoms in total. The Hall–Kier alpha value is -3.39. The number of nitrogens with one attached hydrogen (secondary N) is 1. The van der Waals surface area contributed by atoms with Gasteiger partial charge in [-0.3, -0.25) is 9.59 Å². The van der Waals surface area contributed by atoms with Crippen LogP contribution in [0.4, 0.5) is 0 Å². The fourth-order valence-corrected chi connectivity index (χ4v) is 2.60. The van der Waals surface area contributed by atoms with Crippen LogP contribution in [0.15, 0.2) is 53.3 Å². The van der Waals surface area contributed by atoms with Gasteiger partial charge >= 0.3 is 0 Å². The molecular formula is C20H17N3O2. The maximum atomic E-state index is 12.4. The van der Waals surface area contributed by atoms with Crippen LogP contribution in [0.5, 0.6) is 0 Å². The largest absolute Gasteiger partial charge is 0.346 e. The number of aryl methyl sites for hydroxylation is 1. The van der Waals surface area contributed by atoms with Gasteiger partial charge in [-0.15, -0.1) is 6.42 Å². The van der Waals surface area contributed by atoms with Crippen molar-refractivity contribution in [1.82, 2.24) is 15.1 Å². The topological polar surface area (TPSA) is 64.0 Å². The van der Waals surface area contributed by atoms with Gasteiger partial charge in [0.25, 0.3) is 11.5 Å². The first-order valence-corrected chi connectivity index (χ1v) is 7.87. The molecule has 124 valence electrons. The average Bonchev–Trinajstić information content (AvgIpc) is 2.63. The molecule has 1 aromatic heterocycles. The standard InChI is InChI=1S/C20H17N3O2/c1-3-12-23-20(25)17-7-5-4-6-16(17)18(22-23)13-21-19(24)15-10-8-14(2)9-11-15/h1,4-11H,12-13H2,2H3,(H,21,24). The summed E-state index contributed by atoms with van der Waals surface area (Å²) in [5, 5.41) is 8.41. The lowest BCUT2D eigenvalue weighted by molar-refractivity contribution is 0.0950. The van der Waals surface area contributed by atoms with Crippen LogP contribution >= 0.6 is 0 Å². The van der Waals surface area contributed by atoms with Gasteiger partial charge in [-0.25, -0.2) is 4.68 Å². The molecule has 0 aliphatic carbocycles.